The van der Waals surface area contributed by atoms with Crippen molar-refractivity contribution in [1.29, 1.82) is 0 Å². The van der Waals surface area contributed by atoms with Crippen molar-refractivity contribution in [1.82, 2.24) is 0 Å². The third-order valence-electron chi connectivity index (χ3n) is 5.04. The Bertz CT molecular complexity index is 1070. The second-order valence-corrected chi connectivity index (χ2v) is 7.40. The molecule has 0 saturated carbocycles. The third-order valence-corrected chi connectivity index (χ3v) is 5.04. The summed E-state index contributed by atoms with van der Waals surface area (Å²) in [5.74, 6) is 0. The van der Waals surface area contributed by atoms with Crippen molar-refractivity contribution >= 4 is 0 Å². The smallest absolute Gasteiger partial charge is 0.0175 e. The molecule has 4 rings (SSSR count). The van der Waals surface area contributed by atoms with E-state index in [1.807, 2.05) is 0 Å². The minimum Gasteiger partial charge on any atom is -0.0610 e. The lowest BCUT2D eigenvalue weighted by atomic mass is 9.94. The van der Waals surface area contributed by atoms with E-state index in [9.17, 15) is 0 Å². The van der Waals surface area contributed by atoms with E-state index < -0.39 is 0 Å². The molecule has 27 heavy (non-hydrogen) atoms. The molecule has 0 fully saturated rings. The van der Waals surface area contributed by atoms with Crippen LogP contribution in [-0.4, -0.2) is 0 Å². The average molecular weight is 348 g/mol. The van der Waals surface area contributed by atoms with Crippen LogP contribution in [0, 0.1) is 20.8 Å². The summed E-state index contributed by atoms with van der Waals surface area (Å²) in [5.41, 5.74) is 11.4. The van der Waals surface area contributed by atoms with Crippen LogP contribution in [0.3, 0.4) is 0 Å². The Morgan fingerprint density at radius 1 is 0.333 bits per heavy atom. The lowest BCUT2D eigenvalue weighted by Crippen LogP contribution is -1.86. The molecule has 0 N–H and O–H groups in total. The van der Waals surface area contributed by atoms with Crippen molar-refractivity contribution in [3.05, 3.63) is 108 Å². The molecule has 0 heterocycles. The highest BCUT2D eigenvalue weighted by atomic mass is 14.1. The zero-order valence-corrected chi connectivity index (χ0v) is 16.2. The van der Waals surface area contributed by atoms with Gasteiger partial charge in [0.15, 0.2) is 0 Å². The van der Waals surface area contributed by atoms with E-state index in [1.54, 1.807) is 0 Å². The van der Waals surface area contributed by atoms with Gasteiger partial charge in [0.1, 0.15) is 0 Å². The SMILES string of the molecule is Cc1ccc(-c2cccc(-c3cc(C)cc(-c4ccc(C)cc4)c3)c2)cc1. The highest BCUT2D eigenvalue weighted by Crippen LogP contribution is 2.31. The molecule has 0 aliphatic heterocycles. The predicted octanol–water partition coefficient (Wildman–Crippen LogP) is 7.61. The van der Waals surface area contributed by atoms with Crippen LogP contribution in [0.1, 0.15) is 16.7 Å². The van der Waals surface area contributed by atoms with Gasteiger partial charge in [0.2, 0.25) is 0 Å². The van der Waals surface area contributed by atoms with Gasteiger partial charge in [0.05, 0.1) is 0 Å². The molecular weight excluding hydrogens is 324 g/mol. The van der Waals surface area contributed by atoms with E-state index in [1.165, 1.54) is 50.1 Å². The minimum atomic E-state index is 1.25. The molecule has 4 aromatic carbocycles. The first-order valence-corrected chi connectivity index (χ1v) is 9.45. The highest BCUT2D eigenvalue weighted by Gasteiger charge is 2.06. The van der Waals surface area contributed by atoms with Crippen LogP contribution in [0.5, 0.6) is 0 Å². The van der Waals surface area contributed by atoms with Gasteiger partial charge in [-0.1, -0.05) is 90.0 Å². The Morgan fingerprint density at radius 2 is 0.741 bits per heavy atom. The summed E-state index contributed by atoms with van der Waals surface area (Å²) in [6.45, 7) is 6.42. The molecule has 132 valence electrons. The molecule has 0 aliphatic rings. The van der Waals surface area contributed by atoms with Crippen LogP contribution in [0.2, 0.25) is 0 Å². The van der Waals surface area contributed by atoms with Crippen LogP contribution in [-0.2, 0) is 0 Å². The van der Waals surface area contributed by atoms with Gasteiger partial charge in [0, 0.05) is 0 Å². The van der Waals surface area contributed by atoms with Crippen molar-refractivity contribution in [2.75, 3.05) is 0 Å². The van der Waals surface area contributed by atoms with Crippen LogP contribution >= 0.6 is 0 Å². The van der Waals surface area contributed by atoms with Crippen molar-refractivity contribution in [2.45, 2.75) is 20.8 Å². The molecule has 0 amide bonds. The molecule has 0 radical (unpaired) electrons. The van der Waals surface area contributed by atoms with Gasteiger partial charge in [0.25, 0.3) is 0 Å². The fourth-order valence-electron chi connectivity index (χ4n) is 3.49. The lowest BCUT2D eigenvalue weighted by Gasteiger charge is -2.11. The molecular formula is C27H24. The molecule has 0 saturated heterocycles. The average Bonchev–Trinajstić information content (AvgIpc) is 2.69. The first-order chi connectivity index (χ1) is 13.1. The molecule has 0 aliphatic carbocycles. The molecule has 0 spiro atoms. The molecule has 0 aromatic heterocycles. The van der Waals surface area contributed by atoms with E-state index in [2.05, 4.69) is 112 Å². The molecule has 4 aromatic rings. The maximum absolute atomic E-state index is 2.30. The maximum Gasteiger partial charge on any atom is -0.0175 e. The maximum atomic E-state index is 2.30. The monoisotopic (exact) mass is 348 g/mol. The van der Waals surface area contributed by atoms with E-state index in [0.717, 1.165) is 0 Å². The van der Waals surface area contributed by atoms with Gasteiger partial charge in [-0.3, -0.25) is 0 Å². The van der Waals surface area contributed by atoms with Gasteiger partial charge in [-0.2, -0.15) is 0 Å². The van der Waals surface area contributed by atoms with E-state index in [4.69, 9.17) is 0 Å². The quantitative estimate of drug-likeness (QED) is 0.357. The van der Waals surface area contributed by atoms with E-state index >= 15 is 0 Å². The number of benzene rings is 4. The van der Waals surface area contributed by atoms with Crippen molar-refractivity contribution in [3.8, 4) is 33.4 Å². The normalized spacial score (nSPS) is 10.8. The Kier molecular flexibility index (Phi) is 4.64. The lowest BCUT2D eigenvalue weighted by molar-refractivity contribution is 1.44. The summed E-state index contributed by atoms with van der Waals surface area (Å²) in [5, 5.41) is 0. The Balaban J connectivity index is 1.76. The Labute approximate surface area is 162 Å². The van der Waals surface area contributed by atoms with Crippen molar-refractivity contribution in [3.63, 3.8) is 0 Å². The second-order valence-electron chi connectivity index (χ2n) is 7.40. The number of rotatable bonds is 3. The van der Waals surface area contributed by atoms with Crippen LogP contribution < -0.4 is 0 Å². The molecule has 0 unspecified atom stereocenters. The summed E-state index contributed by atoms with van der Waals surface area (Å²) in [4.78, 5) is 0. The summed E-state index contributed by atoms with van der Waals surface area (Å²) in [6.07, 6.45) is 0. The van der Waals surface area contributed by atoms with Crippen LogP contribution in [0.15, 0.2) is 91.0 Å². The largest absolute Gasteiger partial charge is 0.0610 e. The summed E-state index contributed by atoms with van der Waals surface area (Å²) < 4.78 is 0. The highest BCUT2D eigenvalue weighted by molar-refractivity contribution is 5.77. The number of hydrogen-bond acceptors (Lipinski definition) is 0. The van der Waals surface area contributed by atoms with E-state index in [0.29, 0.717) is 0 Å². The van der Waals surface area contributed by atoms with Gasteiger partial charge in [-0.05, 0) is 71.8 Å². The standard InChI is InChI=1S/C27H24/c1-19-7-11-22(12-8-19)24-5-4-6-25(17-24)27-16-21(3)15-26(18-27)23-13-9-20(2)10-14-23/h4-18H,1-3H3. The van der Waals surface area contributed by atoms with Crippen LogP contribution in [0.25, 0.3) is 33.4 Å². The summed E-state index contributed by atoms with van der Waals surface area (Å²) in [7, 11) is 0. The second kappa shape index (κ2) is 7.25. The minimum absolute atomic E-state index is 1.25. The molecule has 0 heteroatoms. The Morgan fingerprint density at radius 3 is 1.30 bits per heavy atom. The number of aryl methyl sites for hydroxylation is 3. The fourth-order valence-corrected chi connectivity index (χ4v) is 3.49. The Hall–Kier alpha value is -3.12. The summed E-state index contributed by atoms with van der Waals surface area (Å²) in [6, 6.07) is 33.2. The molecule has 0 bridgehead atoms. The van der Waals surface area contributed by atoms with E-state index in [-0.39, 0.29) is 0 Å². The van der Waals surface area contributed by atoms with Gasteiger partial charge < -0.3 is 0 Å². The zero-order chi connectivity index (χ0) is 18.8. The first-order valence-electron chi connectivity index (χ1n) is 9.45. The van der Waals surface area contributed by atoms with Crippen molar-refractivity contribution < 1.29 is 0 Å². The van der Waals surface area contributed by atoms with Crippen molar-refractivity contribution in [2.24, 2.45) is 0 Å². The first kappa shape index (κ1) is 17.3. The summed E-state index contributed by atoms with van der Waals surface area (Å²) >= 11 is 0. The topological polar surface area (TPSA) is 0 Å². The van der Waals surface area contributed by atoms with Gasteiger partial charge in [-0.25, -0.2) is 0 Å². The van der Waals surface area contributed by atoms with Crippen LogP contribution in [0.4, 0.5) is 0 Å². The zero-order valence-electron chi connectivity index (χ0n) is 16.2. The van der Waals surface area contributed by atoms with Gasteiger partial charge >= 0.3 is 0 Å². The predicted molar refractivity (Wildman–Crippen MR) is 117 cm³/mol. The van der Waals surface area contributed by atoms with Gasteiger partial charge in [-0.15, -0.1) is 0 Å². The molecule has 0 atom stereocenters. The number of hydrogen-bond donors (Lipinski definition) is 0. The molecule has 0 nitrogen and oxygen atoms in total. The third kappa shape index (κ3) is 3.85. The fraction of sp³-hybridized carbons (Fsp3) is 0.111.